The Morgan fingerprint density at radius 1 is 1.12 bits per heavy atom. The number of rotatable bonds is 2. The maximum absolute atomic E-state index is 11.7. The SMILES string of the molecule is CC(=O)N1CCN(C(=O)N/C=C/C(C)C)CC1. The fraction of sp³-hybridized carbons (Fsp3) is 0.667. The number of carbonyl (C=O) groups excluding carboxylic acids is 2. The monoisotopic (exact) mass is 239 g/mol. The highest BCUT2D eigenvalue weighted by molar-refractivity contribution is 5.76. The summed E-state index contributed by atoms with van der Waals surface area (Å²) in [5.74, 6) is 0.495. The molecule has 0 aromatic carbocycles. The van der Waals surface area contributed by atoms with Crippen LogP contribution in [0.25, 0.3) is 0 Å². The molecule has 17 heavy (non-hydrogen) atoms. The molecule has 0 aromatic heterocycles. The average molecular weight is 239 g/mol. The fourth-order valence-electron chi connectivity index (χ4n) is 1.63. The molecule has 1 aliphatic rings. The van der Waals surface area contributed by atoms with Crippen LogP contribution in [0, 0.1) is 5.92 Å². The predicted octanol–water partition coefficient (Wildman–Crippen LogP) is 1.03. The van der Waals surface area contributed by atoms with Crippen molar-refractivity contribution < 1.29 is 9.59 Å². The zero-order chi connectivity index (χ0) is 12.8. The summed E-state index contributed by atoms with van der Waals surface area (Å²) in [6, 6.07) is -0.0925. The van der Waals surface area contributed by atoms with Crippen LogP contribution in [-0.2, 0) is 4.79 Å². The maximum Gasteiger partial charge on any atom is 0.321 e. The van der Waals surface area contributed by atoms with Gasteiger partial charge >= 0.3 is 6.03 Å². The van der Waals surface area contributed by atoms with Gasteiger partial charge in [0.05, 0.1) is 0 Å². The smallest absolute Gasteiger partial charge is 0.321 e. The molecule has 1 rings (SSSR count). The van der Waals surface area contributed by atoms with Gasteiger partial charge < -0.3 is 15.1 Å². The summed E-state index contributed by atoms with van der Waals surface area (Å²) in [7, 11) is 0. The first-order valence-corrected chi connectivity index (χ1v) is 5.98. The van der Waals surface area contributed by atoms with Crippen LogP contribution in [0.15, 0.2) is 12.3 Å². The Kier molecular flexibility index (Phi) is 5.00. The van der Waals surface area contributed by atoms with Crippen molar-refractivity contribution in [3.63, 3.8) is 0 Å². The van der Waals surface area contributed by atoms with Gasteiger partial charge in [0.2, 0.25) is 5.91 Å². The molecule has 3 amide bonds. The molecule has 5 heteroatoms. The van der Waals surface area contributed by atoms with E-state index in [9.17, 15) is 9.59 Å². The van der Waals surface area contributed by atoms with Crippen molar-refractivity contribution in [2.24, 2.45) is 5.92 Å². The minimum atomic E-state index is -0.0925. The Morgan fingerprint density at radius 2 is 1.65 bits per heavy atom. The third-order valence-electron chi connectivity index (χ3n) is 2.70. The van der Waals surface area contributed by atoms with Gasteiger partial charge in [-0.2, -0.15) is 0 Å². The minimum Gasteiger partial charge on any atom is -0.339 e. The first kappa shape index (κ1) is 13.5. The summed E-state index contributed by atoms with van der Waals surface area (Å²) in [5, 5.41) is 2.73. The van der Waals surface area contributed by atoms with Gasteiger partial charge in [-0.3, -0.25) is 4.79 Å². The van der Waals surface area contributed by atoms with Gasteiger partial charge in [-0.1, -0.05) is 19.9 Å². The summed E-state index contributed by atoms with van der Waals surface area (Å²) in [6.07, 6.45) is 3.62. The molecule has 0 bridgehead atoms. The molecule has 0 spiro atoms. The van der Waals surface area contributed by atoms with Crippen LogP contribution in [0.5, 0.6) is 0 Å². The number of urea groups is 1. The Hall–Kier alpha value is -1.52. The number of nitrogens with zero attached hydrogens (tertiary/aromatic N) is 2. The minimum absolute atomic E-state index is 0.0739. The molecule has 0 atom stereocenters. The molecule has 96 valence electrons. The highest BCUT2D eigenvalue weighted by Gasteiger charge is 2.21. The Balaban J connectivity index is 2.33. The molecule has 1 N–H and O–H groups in total. The molecule has 1 heterocycles. The normalized spacial score (nSPS) is 16.7. The van der Waals surface area contributed by atoms with Crippen molar-refractivity contribution in [3.05, 3.63) is 12.3 Å². The number of allylic oxidation sites excluding steroid dienone is 1. The van der Waals surface area contributed by atoms with E-state index < -0.39 is 0 Å². The summed E-state index contributed by atoms with van der Waals surface area (Å²) in [6.45, 7) is 8.10. The highest BCUT2D eigenvalue weighted by Crippen LogP contribution is 2.02. The quantitative estimate of drug-likeness (QED) is 0.782. The summed E-state index contributed by atoms with van der Waals surface area (Å²) < 4.78 is 0. The average Bonchev–Trinajstić information content (AvgIpc) is 2.28. The van der Waals surface area contributed by atoms with Crippen LogP contribution in [0.2, 0.25) is 0 Å². The Morgan fingerprint density at radius 3 is 2.12 bits per heavy atom. The Bertz CT molecular complexity index is 305. The summed E-state index contributed by atoms with van der Waals surface area (Å²) >= 11 is 0. The van der Waals surface area contributed by atoms with E-state index in [1.807, 2.05) is 19.9 Å². The summed E-state index contributed by atoms with van der Waals surface area (Å²) in [4.78, 5) is 26.3. The summed E-state index contributed by atoms with van der Waals surface area (Å²) in [5.41, 5.74) is 0. The van der Waals surface area contributed by atoms with Crippen molar-refractivity contribution in [1.29, 1.82) is 0 Å². The molecule has 1 saturated heterocycles. The zero-order valence-electron chi connectivity index (χ0n) is 10.8. The molecule has 0 unspecified atom stereocenters. The number of nitrogens with one attached hydrogen (secondary N) is 1. The first-order chi connectivity index (χ1) is 8.00. The van der Waals surface area contributed by atoms with Gasteiger partial charge in [0.25, 0.3) is 0 Å². The van der Waals surface area contributed by atoms with E-state index in [4.69, 9.17) is 0 Å². The molecule has 1 fully saturated rings. The number of hydrogen-bond donors (Lipinski definition) is 1. The number of hydrogen-bond acceptors (Lipinski definition) is 2. The molecule has 1 aliphatic heterocycles. The topological polar surface area (TPSA) is 52.7 Å². The van der Waals surface area contributed by atoms with Gasteiger partial charge in [0.15, 0.2) is 0 Å². The lowest BCUT2D eigenvalue weighted by Gasteiger charge is -2.33. The number of amides is 3. The van der Waals surface area contributed by atoms with E-state index in [-0.39, 0.29) is 11.9 Å². The molecule has 0 aromatic rings. The largest absolute Gasteiger partial charge is 0.339 e. The maximum atomic E-state index is 11.7. The lowest BCUT2D eigenvalue weighted by molar-refractivity contribution is -0.130. The van der Waals surface area contributed by atoms with Crippen LogP contribution in [0.4, 0.5) is 4.79 Å². The third kappa shape index (κ3) is 4.46. The lowest BCUT2D eigenvalue weighted by atomic mass is 10.2. The zero-order valence-corrected chi connectivity index (χ0v) is 10.8. The number of piperazine rings is 1. The lowest BCUT2D eigenvalue weighted by Crippen LogP contribution is -2.52. The van der Waals surface area contributed by atoms with Gasteiger partial charge in [-0.05, 0) is 5.92 Å². The van der Waals surface area contributed by atoms with E-state index in [2.05, 4.69) is 5.32 Å². The van der Waals surface area contributed by atoms with E-state index in [0.29, 0.717) is 32.1 Å². The van der Waals surface area contributed by atoms with Crippen molar-refractivity contribution in [2.75, 3.05) is 26.2 Å². The third-order valence-corrected chi connectivity index (χ3v) is 2.70. The van der Waals surface area contributed by atoms with Gasteiger partial charge in [-0.15, -0.1) is 0 Å². The van der Waals surface area contributed by atoms with Gasteiger partial charge in [0, 0.05) is 39.3 Å². The standard InChI is InChI=1S/C12H21N3O2/c1-10(2)4-5-13-12(17)15-8-6-14(7-9-15)11(3)16/h4-5,10H,6-9H2,1-3H3,(H,13,17)/b5-4+. The van der Waals surface area contributed by atoms with E-state index in [1.165, 1.54) is 0 Å². The first-order valence-electron chi connectivity index (χ1n) is 5.98. The molecule has 0 radical (unpaired) electrons. The van der Waals surface area contributed by atoms with Gasteiger partial charge in [0.1, 0.15) is 0 Å². The van der Waals surface area contributed by atoms with Crippen molar-refractivity contribution in [3.8, 4) is 0 Å². The highest BCUT2D eigenvalue weighted by atomic mass is 16.2. The van der Waals surface area contributed by atoms with E-state index in [0.717, 1.165) is 0 Å². The van der Waals surface area contributed by atoms with Crippen molar-refractivity contribution >= 4 is 11.9 Å². The van der Waals surface area contributed by atoms with Crippen LogP contribution >= 0.6 is 0 Å². The molecule has 0 saturated carbocycles. The second kappa shape index (κ2) is 6.27. The Labute approximate surface area is 102 Å². The molecular weight excluding hydrogens is 218 g/mol. The van der Waals surface area contributed by atoms with Crippen LogP contribution in [-0.4, -0.2) is 47.9 Å². The van der Waals surface area contributed by atoms with Crippen LogP contribution in [0.3, 0.4) is 0 Å². The fourth-order valence-corrected chi connectivity index (χ4v) is 1.63. The van der Waals surface area contributed by atoms with Crippen molar-refractivity contribution in [1.82, 2.24) is 15.1 Å². The van der Waals surface area contributed by atoms with Gasteiger partial charge in [-0.25, -0.2) is 4.79 Å². The van der Waals surface area contributed by atoms with Crippen molar-refractivity contribution in [2.45, 2.75) is 20.8 Å². The van der Waals surface area contributed by atoms with Crippen LogP contribution < -0.4 is 5.32 Å². The molecule has 5 nitrogen and oxygen atoms in total. The molecule has 0 aliphatic carbocycles. The molecular formula is C12H21N3O2. The second-order valence-electron chi connectivity index (χ2n) is 4.55. The second-order valence-corrected chi connectivity index (χ2v) is 4.55. The van der Waals surface area contributed by atoms with E-state index >= 15 is 0 Å². The van der Waals surface area contributed by atoms with E-state index in [1.54, 1.807) is 22.9 Å². The number of carbonyl (C=O) groups is 2. The predicted molar refractivity (Wildman–Crippen MR) is 66.3 cm³/mol. The van der Waals surface area contributed by atoms with Crippen LogP contribution in [0.1, 0.15) is 20.8 Å².